The van der Waals surface area contributed by atoms with Crippen LogP contribution in [0.4, 0.5) is 19.0 Å². The number of alkyl halides is 3. The number of anilines is 1. The van der Waals surface area contributed by atoms with E-state index in [0.29, 0.717) is 35.3 Å². The van der Waals surface area contributed by atoms with Crippen LogP contribution in [0, 0.1) is 11.3 Å². The lowest BCUT2D eigenvalue weighted by atomic mass is 9.60. The Bertz CT molecular complexity index is 1320. The van der Waals surface area contributed by atoms with Crippen LogP contribution in [0.25, 0.3) is 22.5 Å². The van der Waals surface area contributed by atoms with Crippen molar-refractivity contribution in [2.24, 2.45) is 18.4 Å². The van der Waals surface area contributed by atoms with Crippen LogP contribution in [-0.4, -0.2) is 44.1 Å². The van der Waals surface area contributed by atoms with Gasteiger partial charge >= 0.3 is 6.18 Å². The third-order valence-corrected chi connectivity index (χ3v) is 7.92. The molecular weight excluding hydrogens is 471 g/mol. The van der Waals surface area contributed by atoms with Crippen LogP contribution in [0.5, 0.6) is 5.75 Å². The molecule has 5 rings (SSSR count). The van der Waals surface area contributed by atoms with Crippen LogP contribution in [0.15, 0.2) is 47.5 Å². The molecule has 0 aliphatic heterocycles. The van der Waals surface area contributed by atoms with Gasteiger partial charge in [0.25, 0.3) is 5.56 Å². The molecule has 190 valence electrons. The van der Waals surface area contributed by atoms with E-state index < -0.39 is 11.6 Å². The molecule has 1 aromatic carbocycles. The summed E-state index contributed by atoms with van der Waals surface area (Å²) < 4.78 is 43.4. The smallest absolute Gasteiger partial charge is 0.394 e. The summed E-state index contributed by atoms with van der Waals surface area (Å²) in [5.41, 5.74) is -0.0761. The fourth-order valence-corrected chi connectivity index (χ4v) is 5.83. The first-order valence-electron chi connectivity index (χ1n) is 12.1. The predicted molar refractivity (Wildman–Crippen MR) is 129 cm³/mol. The number of hydrogen-bond acceptors (Lipinski definition) is 6. The molecule has 2 bridgehead atoms. The minimum atomic E-state index is -4.21. The summed E-state index contributed by atoms with van der Waals surface area (Å²) in [5, 5.41) is 19.0. The summed E-state index contributed by atoms with van der Waals surface area (Å²) in [6.45, 7) is 0. The standard InChI is InChI=1S/C26H28F3N5O2/c1-33-9-7-18(12-23(33)36)17-5-6-20(21(35)11-17)24-30-15-22(31-32-24)34(2)19-10-16-4-3-8-25(13-16,14-19)26(27,28)29/h5-7,9,11-12,15-16,19,35H,3-4,8,10,13-14H2,1-2H3/t16-,19-,25+/m1/s1. The van der Waals surface area contributed by atoms with Gasteiger partial charge in [-0.25, -0.2) is 4.98 Å². The molecule has 2 aliphatic carbocycles. The molecule has 2 fully saturated rings. The van der Waals surface area contributed by atoms with Gasteiger partial charge < -0.3 is 14.6 Å². The zero-order chi connectivity index (χ0) is 25.7. The topological polar surface area (TPSA) is 84.1 Å². The van der Waals surface area contributed by atoms with Crippen molar-refractivity contribution in [3.63, 3.8) is 0 Å². The van der Waals surface area contributed by atoms with Crippen molar-refractivity contribution in [3.05, 3.63) is 53.1 Å². The lowest BCUT2D eigenvalue weighted by molar-refractivity contribution is -0.250. The lowest BCUT2D eigenvalue weighted by Gasteiger charge is -2.50. The van der Waals surface area contributed by atoms with E-state index in [0.717, 1.165) is 6.42 Å². The Labute approximate surface area is 206 Å². The van der Waals surface area contributed by atoms with E-state index in [4.69, 9.17) is 0 Å². The maximum absolute atomic E-state index is 14.0. The van der Waals surface area contributed by atoms with E-state index in [1.807, 2.05) is 0 Å². The number of aromatic hydroxyl groups is 1. The van der Waals surface area contributed by atoms with Gasteiger partial charge in [0, 0.05) is 32.4 Å². The first-order chi connectivity index (χ1) is 17.1. The molecule has 36 heavy (non-hydrogen) atoms. The molecule has 0 saturated heterocycles. The molecule has 3 atom stereocenters. The highest BCUT2D eigenvalue weighted by atomic mass is 19.4. The van der Waals surface area contributed by atoms with Crippen LogP contribution < -0.4 is 10.5 Å². The fourth-order valence-electron chi connectivity index (χ4n) is 5.83. The second-order valence-corrected chi connectivity index (χ2v) is 10.2. The van der Waals surface area contributed by atoms with Crippen LogP contribution in [0.1, 0.15) is 38.5 Å². The average molecular weight is 500 g/mol. The van der Waals surface area contributed by atoms with Crippen LogP contribution in [0.2, 0.25) is 0 Å². The molecule has 0 spiro atoms. The maximum Gasteiger partial charge on any atom is 0.394 e. The normalized spacial score (nSPS) is 23.9. The molecule has 2 saturated carbocycles. The monoisotopic (exact) mass is 499 g/mol. The maximum atomic E-state index is 14.0. The lowest BCUT2D eigenvalue weighted by Crippen LogP contribution is -2.52. The van der Waals surface area contributed by atoms with E-state index in [9.17, 15) is 23.1 Å². The summed E-state index contributed by atoms with van der Waals surface area (Å²) >= 11 is 0. The van der Waals surface area contributed by atoms with Gasteiger partial charge in [-0.1, -0.05) is 18.9 Å². The van der Waals surface area contributed by atoms with Gasteiger partial charge in [-0.15, -0.1) is 10.2 Å². The molecular formula is C26H28F3N5O2. The number of rotatable bonds is 4. The molecule has 7 nitrogen and oxygen atoms in total. The molecule has 0 amide bonds. The van der Waals surface area contributed by atoms with E-state index >= 15 is 0 Å². The van der Waals surface area contributed by atoms with Crippen molar-refractivity contribution in [1.29, 1.82) is 0 Å². The van der Waals surface area contributed by atoms with Crippen molar-refractivity contribution in [2.75, 3.05) is 11.9 Å². The van der Waals surface area contributed by atoms with Crippen molar-refractivity contribution in [1.82, 2.24) is 19.7 Å². The molecule has 10 heteroatoms. The summed E-state index contributed by atoms with van der Waals surface area (Å²) in [5.74, 6) is 0.593. The number of benzene rings is 1. The third kappa shape index (κ3) is 4.33. The Hall–Kier alpha value is -3.43. The van der Waals surface area contributed by atoms with E-state index in [-0.39, 0.29) is 48.4 Å². The number of nitrogens with zero attached hydrogens (tertiary/aromatic N) is 5. The first-order valence-corrected chi connectivity index (χ1v) is 12.1. The second-order valence-electron chi connectivity index (χ2n) is 10.2. The number of fused-ring (bicyclic) bond motifs is 2. The molecule has 0 unspecified atom stereocenters. The molecule has 2 aliphatic rings. The van der Waals surface area contributed by atoms with Gasteiger partial charge in [-0.05, 0) is 60.9 Å². The highest BCUT2D eigenvalue weighted by Crippen LogP contribution is 2.58. The highest BCUT2D eigenvalue weighted by Gasteiger charge is 2.59. The number of hydrogen-bond donors (Lipinski definition) is 1. The van der Waals surface area contributed by atoms with Gasteiger partial charge in [0.15, 0.2) is 11.6 Å². The Morgan fingerprint density at radius 1 is 1.14 bits per heavy atom. The minimum absolute atomic E-state index is 0.0533. The average Bonchev–Trinajstić information content (AvgIpc) is 2.84. The predicted octanol–water partition coefficient (Wildman–Crippen LogP) is 4.95. The van der Waals surface area contributed by atoms with E-state index in [2.05, 4.69) is 15.2 Å². The molecule has 0 radical (unpaired) electrons. The van der Waals surface area contributed by atoms with Gasteiger partial charge in [0.2, 0.25) is 0 Å². The van der Waals surface area contributed by atoms with Crippen LogP contribution >= 0.6 is 0 Å². The highest BCUT2D eigenvalue weighted by molar-refractivity contribution is 5.72. The zero-order valence-electron chi connectivity index (χ0n) is 20.2. The van der Waals surface area contributed by atoms with Crippen molar-refractivity contribution in [2.45, 2.75) is 50.7 Å². The zero-order valence-corrected chi connectivity index (χ0v) is 20.2. The summed E-state index contributed by atoms with van der Waals surface area (Å²) in [7, 11) is 3.41. The fraction of sp³-hybridized carbons (Fsp3) is 0.462. The Balaban J connectivity index is 1.36. The largest absolute Gasteiger partial charge is 0.507 e. The Morgan fingerprint density at radius 3 is 2.58 bits per heavy atom. The van der Waals surface area contributed by atoms with Crippen LogP contribution in [-0.2, 0) is 7.05 Å². The van der Waals surface area contributed by atoms with Crippen molar-refractivity contribution in [3.8, 4) is 28.3 Å². The summed E-state index contributed by atoms with van der Waals surface area (Å²) in [4.78, 5) is 18.0. The quantitative estimate of drug-likeness (QED) is 0.547. The van der Waals surface area contributed by atoms with Gasteiger partial charge in [-0.3, -0.25) is 4.79 Å². The number of phenolic OH excluding ortho intramolecular Hbond substituents is 1. The van der Waals surface area contributed by atoms with Crippen molar-refractivity contribution < 1.29 is 18.3 Å². The third-order valence-electron chi connectivity index (χ3n) is 7.92. The molecule has 2 heterocycles. The minimum Gasteiger partial charge on any atom is -0.507 e. The van der Waals surface area contributed by atoms with Gasteiger partial charge in [0.1, 0.15) is 5.75 Å². The van der Waals surface area contributed by atoms with E-state index in [1.54, 1.807) is 43.4 Å². The second kappa shape index (κ2) is 8.90. The number of aromatic nitrogens is 4. The van der Waals surface area contributed by atoms with E-state index in [1.165, 1.54) is 22.9 Å². The number of aryl methyl sites for hydroxylation is 1. The number of halogens is 3. The number of pyridine rings is 1. The Kier molecular flexibility index (Phi) is 6.00. The van der Waals surface area contributed by atoms with Crippen LogP contribution in [0.3, 0.4) is 0 Å². The summed E-state index contributed by atoms with van der Waals surface area (Å²) in [6.07, 6.45) is 1.54. The molecule has 1 N–H and O–H groups in total. The van der Waals surface area contributed by atoms with Gasteiger partial charge in [0.05, 0.1) is 17.2 Å². The number of phenols is 1. The molecule has 2 aromatic heterocycles. The Morgan fingerprint density at radius 2 is 1.92 bits per heavy atom. The van der Waals surface area contributed by atoms with Crippen molar-refractivity contribution >= 4 is 5.82 Å². The molecule has 3 aromatic rings. The SMILES string of the molecule is CN(c1cnc(-c2ccc(-c3ccn(C)c(=O)c3)cc2O)nn1)[C@@H]1C[C@H]2CCC[C@](C(F)(F)F)(C2)C1. The van der Waals surface area contributed by atoms with Gasteiger partial charge in [-0.2, -0.15) is 13.2 Å². The summed E-state index contributed by atoms with van der Waals surface area (Å²) in [6, 6.07) is 7.91. The first kappa shape index (κ1) is 24.3.